The van der Waals surface area contributed by atoms with Crippen LogP contribution >= 0.6 is 0 Å². The third-order valence-corrected chi connectivity index (χ3v) is 4.91. The van der Waals surface area contributed by atoms with E-state index >= 15 is 0 Å². The van der Waals surface area contributed by atoms with E-state index in [-0.39, 0.29) is 18.3 Å². The lowest BCUT2D eigenvalue weighted by molar-refractivity contribution is 0.00578. The SMILES string of the molecule is CC1(C)OB(c2cccc(-n3nc4ccccc4n3)c2)OC1(C)C. The molecule has 24 heavy (non-hydrogen) atoms. The van der Waals surface area contributed by atoms with Crippen molar-refractivity contribution < 1.29 is 9.31 Å². The Bertz CT molecular complexity index is 855. The second-order valence-electron chi connectivity index (χ2n) is 7.16. The van der Waals surface area contributed by atoms with Crippen LogP contribution in [0.25, 0.3) is 16.7 Å². The van der Waals surface area contributed by atoms with Gasteiger partial charge in [0.05, 0.1) is 16.9 Å². The topological polar surface area (TPSA) is 49.2 Å². The first-order chi connectivity index (χ1) is 11.4. The van der Waals surface area contributed by atoms with Crippen LogP contribution in [0, 0.1) is 0 Å². The van der Waals surface area contributed by atoms with Crippen LogP contribution in [-0.2, 0) is 9.31 Å². The van der Waals surface area contributed by atoms with Gasteiger partial charge in [-0.2, -0.15) is 4.80 Å². The first-order valence-corrected chi connectivity index (χ1v) is 8.14. The molecule has 6 heteroatoms. The minimum absolute atomic E-state index is 0.355. The van der Waals surface area contributed by atoms with Crippen molar-refractivity contribution in [2.24, 2.45) is 0 Å². The monoisotopic (exact) mass is 321 g/mol. The molecule has 0 atom stereocenters. The smallest absolute Gasteiger partial charge is 0.399 e. The first-order valence-electron chi connectivity index (χ1n) is 8.14. The van der Waals surface area contributed by atoms with Crippen LogP contribution in [-0.4, -0.2) is 33.3 Å². The predicted molar refractivity (Wildman–Crippen MR) is 94.6 cm³/mol. The number of fused-ring (bicyclic) bond motifs is 1. The van der Waals surface area contributed by atoms with E-state index in [1.54, 1.807) is 4.80 Å². The van der Waals surface area contributed by atoms with Crippen LogP contribution in [0.5, 0.6) is 0 Å². The van der Waals surface area contributed by atoms with Crippen LogP contribution in [0.1, 0.15) is 27.7 Å². The lowest BCUT2D eigenvalue weighted by Gasteiger charge is -2.32. The molecule has 122 valence electrons. The fourth-order valence-electron chi connectivity index (χ4n) is 2.75. The summed E-state index contributed by atoms with van der Waals surface area (Å²) in [6.07, 6.45) is 0. The molecule has 1 aliphatic heterocycles. The highest BCUT2D eigenvalue weighted by Crippen LogP contribution is 2.36. The molecule has 0 aliphatic carbocycles. The van der Waals surface area contributed by atoms with Crippen molar-refractivity contribution in [3.05, 3.63) is 48.5 Å². The maximum Gasteiger partial charge on any atom is 0.494 e. The van der Waals surface area contributed by atoms with Gasteiger partial charge in [-0.3, -0.25) is 0 Å². The predicted octanol–water partition coefficient (Wildman–Crippen LogP) is 2.72. The molecule has 1 saturated heterocycles. The summed E-state index contributed by atoms with van der Waals surface area (Å²) >= 11 is 0. The minimum atomic E-state index is -0.389. The molecule has 1 aromatic heterocycles. The normalized spacial score (nSPS) is 19.1. The molecule has 0 radical (unpaired) electrons. The summed E-state index contributed by atoms with van der Waals surface area (Å²) in [6.45, 7) is 8.22. The van der Waals surface area contributed by atoms with Crippen molar-refractivity contribution in [1.29, 1.82) is 0 Å². The molecule has 1 aliphatic rings. The fourth-order valence-corrected chi connectivity index (χ4v) is 2.75. The highest BCUT2D eigenvalue weighted by Gasteiger charge is 2.51. The van der Waals surface area contributed by atoms with Crippen molar-refractivity contribution in [2.45, 2.75) is 38.9 Å². The Balaban J connectivity index is 1.70. The molecule has 0 saturated carbocycles. The minimum Gasteiger partial charge on any atom is -0.399 e. The summed E-state index contributed by atoms with van der Waals surface area (Å²) in [5.74, 6) is 0. The van der Waals surface area contributed by atoms with Crippen molar-refractivity contribution in [3.63, 3.8) is 0 Å². The van der Waals surface area contributed by atoms with Crippen molar-refractivity contribution >= 4 is 23.6 Å². The van der Waals surface area contributed by atoms with E-state index in [1.165, 1.54) is 0 Å². The van der Waals surface area contributed by atoms with Gasteiger partial charge in [-0.1, -0.05) is 24.3 Å². The van der Waals surface area contributed by atoms with E-state index < -0.39 is 0 Å². The van der Waals surface area contributed by atoms with Gasteiger partial charge in [0, 0.05) is 0 Å². The van der Waals surface area contributed by atoms with E-state index in [1.807, 2.05) is 48.5 Å². The molecule has 4 rings (SSSR count). The fraction of sp³-hybridized carbons (Fsp3) is 0.333. The molecule has 0 bridgehead atoms. The maximum atomic E-state index is 6.13. The number of aromatic nitrogens is 3. The molecule has 1 fully saturated rings. The molecule has 0 unspecified atom stereocenters. The lowest BCUT2D eigenvalue weighted by atomic mass is 9.79. The molecule has 2 heterocycles. The van der Waals surface area contributed by atoms with Gasteiger partial charge in [-0.25, -0.2) is 0 Å². The second kappa shape index (κ2) is 5.16. The Morgan fingerprint density at radius 1 is 0.833 bits per heavy atom. The first kappa shape index (κ1) is 15.4. The highest BCUT2D eigenvalue weighted by atomic mass is 16.7. The third-order valence-electron chi connectivity index (χ3n) is 4.91. The summed E-state index contributed by atoms with van der Waals surface area (Å²) < 4.78 is 12.3. The number of rotatable bonds is 2. The van der Waals surface area contributed by atoms with Gasteiger partial charge in [0.2, 0.25) is 0 Å². The number of hydrogen-bond donors (Lipinski definition) is 0. The molecule has 3 aromatic rings. The average molecular weight is 321 g/mol. The van der Waals surface area contributed by atoms with Gasteiger partial charge in [0.15, 0.2) is 0 Å². The molecule has 2 aromatic carbocycles. The molecule has 0 N–H and O–H groups in total. The van der Waals surface area contributed by atoms with Gasteiger partial charge in [-0.15, -0.1) is 10.2 Å². The van der Waals surface area contributed by atoms with Gasteiger partial charge in [-0.05, 0) is 57.4 Å². The maximum absolute atomic E-state index is 6.13. The highest BCUT2D eigenvalue weighted by molar-refractivity contribution is 6.62. The summed E-state index contributed by atoms with van der Waals surface area (Å²) in [5, 5.41) is 9.06. The van der Waals surface area contributed by atoms with Gasteiger partial charge >= 0.3 is 7.12 Å². The van der Waals surface area contributed by atoms with E-state index in [4.69, 9.17) is 9.31 Å². The Morgan fingerprint density at radius 3 is 2.00 bits per heavy atom. The van der Waals surface area contributed by atoms with Gasteiger partial charge < -0.3 is 9.31 Å². The zero-order valence-corrected chi connectivity index (χ0v) is 14.4. The Kier molecular flexibility index (Phi) is 3.30. The van der Waals surface area contributed by atoms with E-state index in [0.717, 1.165) is 22.2 Å². The Labute approximate surface area is 141 Å². The van der Waals surface area contributed by atoms with Crippen molar-refractivity contribution in [1.82, 2.24) is 15.0 Å². The average Bonchev–Trinajstić information content (AvgIpc) is 3.06. The summed E-state index contributed by atoms with van der Waals surface area (Å²) in [5.41, 5.74) is 2.89. The van der Waals surface area contributed by atoms with Crippen molar-refractivity contribution in [3.8, 4) is 5.69 Å². The number of nitrogens with zero attached hydrogens (tertiary/aromatic N) is 3. The Morgan fingerprint density at radius 2 is 1.42 bits per heavy atom. The summed E-state index contributed by atoms with van der Waals surface area (Å²) in [7, 11) is -0.389. The zero-order chi connectivity index (χ0) is 16.9. The molecule has 5 nitrogen and oxygen atoms in total. The van der Waals surface area contributed by atoms with Crippen LogP contribution in [0.15, 0.2) is 48.5 Å². The van der Waals surface area contributed by atoms with Crippen LogP contribution < -0.4 is 5.46 Å². The van der Waals surface area contributed by atoms with Crippen LogP contribution in [0.3, 0.4) is 0 Å². The molecule has 0 spiro atoms. The van der Waals surface area contributed by atoms with Gasteiger partial charge in [0.1, 0.15) is 11.0 Å². The lowest BCUT2D eigenvalue weighted by Crippen LogP contribution is -2.41. The van der Waals surface area contributed by atoms with Crippen LogP contribution in [0.2, 0.25) is 0 Å². The third kappa shape index (κ3) is 2.42. The molecular formula is C18H20BN3O2. The Hall–Kier alpha value is -2.18. The largest absolute Gasteiger partial charge is 0.494 e. The van der Waals surface area contributed by atoms with E-state index in [2.05, 4.69) is 37.9 Å². The molecular weight excluding hydrogens is 301 g/mol. The van der Waals surface area contributed by atoms with Gasteiger partial charge in [0.25, 0.3) is 0 Å². The number of hydrogen-bond acceptors (Lipinski definition) is 4. The zero-order valence-electron chi connectivity index (χ0n) is 14.4. The quantitative estimate of drug-likeness (QED) is 0.681. The summed E-state index contributed by atoms with van der Waals surface area (Å²) in [4.78, 5) is 1.65. The number of benzene rings is 2. The summed E-state index contributed by atoms with van der Waals surface area (Å²) in [6, 6.07) is 15.8. The standard InChI is InChI=1S/C18H20BN3O2/c1-17(2)18(3,4)24-19(23-17)13-8-7-9-14(12-13)22-20-15-10-5-6-11-16(15)21-22/h5-12H,1-4H3. The van der Waals surface area contributed by atoms with Crippen LogP contribution in [0.4, 0.5) is 0 Å². The van der Waals surface area contributed by atoms with E-state index in [0.29, 0.717) is 0 Å². The molecule has 0 amide bonds. The van der Waals surface area contributed by atoms with Crippen molar-refractivity contribution in [2.75, 3.05) is 0 Å². The second-order valence-corrected chi connectivity index (χ2v) is 7.16. The van der Waals surface area contributed by atoms with E-state index in [9.17, 15) is 0 Å².